The van der Waals surface area contributed by atoms with E-state index in [4.69, 9.17) is 16.9 Å². The molecule has 0 aliphatic rings. The minimum absolute atomic E-state index is 0.198. The second-order valence-corrected chi connectivity index (χ2v) is 4.14. The molecule has 0 saturated carbocycles. The number of benzene rings is 1. The van der Waals surface area contributed by atoms with Crippen molar-refractivity contribution in [2.24, 2.45) is 0 Å². The maximum absolute atomic E-state index is 8.55. The number of hydrogen-bond acceptors (Lipinski definition) is 2. The van der Waals surface area contributed by atoms with Crippen molar-refractivity contribution >= 4 is 11.6 Å². The fourth-order valence-corrected chi connectivity index (χ4v) is 1.69. The SMILES string of the molecule is CC(CC#N)N[C@@H](C)c1cccc(Cl)c1. The lowest BCUT2D eigenvalue weighted by molar-refractivity contribution is 0.485. The Morgan fingerprint density at radius 2 is 2.20 bits per heavy atom. The van der Waals surface area contributed by atoms with Gasteiger partial charge in [-0.05, 0) is 31.5 Å². The molecule has 0 heterocycles. The summed E-state index contributed by atoms with van der Waals surface area (Å²) in [7, 11) is 0. The van der Waals surface area contributed by atoms with Crippen LogP contribution in [0.15, 0.2) is 24.3 Å². The number of rotatable bonds is 4. The van der Waals surface area contributed by atoms with Gasteiger partial charge in [0, 0.05) is 17.1 Å². The predicted molar refractivity (Wildman–Crippen MR) is 62.7 cm³/mol. The van der Waals surface area contributed by atoms with Crippen LogP contribution in [0.1, 0.15) is 31.9 Å². The van der Waals surface area contributed by atoms with Gasteiger partial charge in [-0.15, -0.1) is 0 Å². The van der Waals surface area contributed by atoms with E-state index in [1.54, 1.807) is 0 Å². The first-order chi connectivity index (χ1) is 7.13. The van der Waals surface area contributed by atoms with E-state index in [-0.39, 0.29) is 12.1 Å². The van der Waals surface area contributed by atoms with Gasteiger partial charge in [-0.25, -0.2) is 0 Å². The first-order valence-corrected chi connectivity index (χ1v) is 5.39. The van der Waals surface area contributed by atoms with Crippen LogP contribution in [0.25, 0.3) is 0 Å². The van der Waals surface area contributed by atoms with E-state index < -0.39 is 0 Å². The third-order valence-electron chi connectivity index (χ3n) is 2.28. The first-order valence-electron chi connectivity index (χ1n) is 5.02. The van der Waals surface area contributed by atoms with Crippen LogP contribution in [0.3, 0.4) is 0 Å². The van der Waals surface area contributed by atoms with E-state index in [0.29, 0.717) is 6.42 Å². The van der Waals surface area contributed by atoms with Gasteiger partial charge >= 0.3 is 0 Å². The average molecular weight is 223 g/mol. The molecule has 1 aromatic carbocycles. The zero-order chi connectivity index (χ0) is 11.3. The topological polar surface area (TPSA) is 35.8 Å². The van der Waals surface area contributed by atoms with Gasteiger partial charge in [-0.2, -0.15) is 5.26 Å². The van der Waals surface area contributed by atoms with Crippen LogP contribution < -0.4 is 5.32 Å². The van der Waals surface area contributed by atoms with E-state index in [9.17, 15) is 0 Å². The maximum Gasteiger partial charge on any atom is 0.0638 e. The van der Waals surface area contributed by atoms with Gasteiger partial charge in [0.2, 0.25) is 0 Å². The summed E-state index contributed by atoms with van der Waals surface area (Å²) in [6.07, 6.45) is 0.519. The number of hydrogen-bond donors (Lipinski definition) is 1. The molecule has 0 spiro atoms. The van der Waals surface area contributed by atoms with Crippen molar-refractivity contribution in [1.29, 1.82) is 5.26 Å². The molecule has 80 valence electrons. The van der Waals surface area contributed by atoms with Crippen molar-refractivity contribution in [3.8, 4) is 6.07 Å². The zero-order valence-electron chi connectivity index (χ0n) is 9.00. The third kappa shape index (κ3) is 3.91. The molecular formula is C12H15ClN2. The predicted octanol–water partition coefficient (Wildman–Crippen LogP) is 3.29. The monoisotopic (exact) mass is 222 g/mol. The van der Waals surface area contributed by atoms with Crippen molar-refractivity contribution in [2.75, 3.05) is 0 Å². The Morgan fingerprint density at radius 1 is 1.47 bits per heavy atom. The Bertz CT molecular complexity index is 357. The van der Waals surface area contributed by atoms with Gasteiger partial charge in [0.15, 0.2) is 0 Å². The molecule has 0 fully saturated rings. The fourth-order valence-electron chi connectivity index (χ4n) is 1.49. The van der Waals surface area contributed by atoms with Crippen LogP contribution in [0.2, 0.25) is 5.02 Å². The highest BCUT2D eigenvalue weighted by molar-refractivity contribution is 6.30. The summed E-state index contributed by atoms with van der Waals surface area (Å²) >= 11 is 5.91. The summed E-state index contributed by atoms with van der Waals surface area (Å²) < 4.78 is 0. The normalized spacial score (nSPS) is 14.3. The Balaban J connectivity index is 2.61. The molecule has 0 aromatic heterocycles. The summed E-state index contributed by atoms with van der Waals surface area (Å²) in [6, 6.07) is 10.3. The Kier molecular flexibility index (Phi) is 4.61. The number of nitrogens with zero attached hydrogens (tertiary/aromatic N) is 1. The fraction of sp³-hybridized carbons (Fsp3) is 0.417. The highest BCUT2D eigenvalue weighted by Gasteiger charge is 2.08. The lowest BCUT2D eigenvalue weighted by Crippen LogP contribution is -2.28. The highest BCUT2D eigenvalue weighted by Crippen LogP contribution is 2.17. The van der Waals surface area contributed by atoms with Crippen LogP contribution in [0.4, 0.5) is 0 Å². The van der Waals surface area contributed by atoms with Gasteiger partial charge in [-0.1, -0.05) is 23.7 Å². The van der Waals surface area contributed by atoms with Crippen LogP contribution in [-0.4, -0.2) is 6.04 Å². The lowest BCUT2D eigenvalue weighted by atomic mass is 10.1. The van der Waals surface area contributed by atoms with Gasteiger partial charge in [0.1, 0.15) is 0 Å². The Morgan fingerprint density at radius 3 is 2.80 bits per heavy atom. The quantitative estimate of drug-likeness (QED) is 0.849. The second kappa shape index (κ2) is 5.75. The van der Waals surface area contributed by atoms with E-state index in [0.717, 1.165) is 10.6 Å². The van der Waals surface area contributed by atoms with Crippen molar-refractivity contribution in [1.82, 2.24) is 5.32 Å². The summed E-state index contributed by atoms with van der Waals surface area (Å²) in [4.78, 5) is 0. The molecule has 2 atom stereocenters. The molecule has 0 saturated heterocycles. The molecule has 15 heavy (non-hydrogen) atoms. The van der Waals surface area contributed by atoms with E-state index in [1.807, 2.05) is 31.2 Å². The largest absolute Gasteiger partial charge is 0.307 e. The lowest BCUT2D eigenvalue weighted by Gasteiger charge is -2.18. The molecule has 0 aliphatic carbocycles. The van der Waals surface area contributed by atoms with E-state index >= 15 is 0 Å². The Hall–Kier alpha value is -1.04. The van der Waals surface area contributed by atoms with Gasteiger partial charge < -0.3 is 5.32 Å². The molecule has 1 aromatic rings. The molecule has 3 heteroatoms. The summed E-state index contributed by atoms with van der Waals surface area (Å²) in [5, 5.41) is 12.6. The summed E-state index contributed by atoms with van der Waals surface area (Å²) in [6.45, 7) is 4.07. The van der Waals surface area contributed by atoms with Gasteiger partial charge in [0.05, 0.1) is 12.5 Å². The molecule has 0 bridgehead atoms. The minimum atomic E-state index is 0.198. The maximum atomic E-state index is 8.55. The molecule has 1 unspecified atom stereocenters. The van der Waals surface area contributed by atoms with Crippen molar-refractivity contribution < 1.29 is 0 Å². The third-order valence-corrected chi connectivity index (χ3v) is 2.52. The van der Waals surface area contributed by atoms with Crippen LogP contribution in [0.5, 0.6) is 0 Å². The Labute approximate surface area is 95.9 Å². The minimum Gasteiger partial charge on any atom is -0.307 e. The molecule has 1 rings (SSSR count). The van der Waals surface area contributed by atoms with Crippen LogP contribution in [0, 0.1) is 11.3 Å². The molecule has 0 radical (unpaired) electrons. The first kappa shape index (κ1) is 12.0. The summed E-state index contributed by atoms with van der Waals surface area (Å²) in [5.41, 5.74) is 1.15. The molecule has 1 N–H and O–H groups in total. The summed E-state index contributed by atoms with van der Waals surface area (Å²) in [5.74, 6) is 0. The van der Waals surface area contributed by atoms with Gasteiger partial charge in [-0.3, -0.25) is 0 Å². The molecule has 2 nitrogen and oxygen atoms in total. The standard InChI is InChI=1S/C12H15ClN2/c1-9(6-7-14)15-10(2)11-4-3-5-12(13)8-11/h3-5,8-10,15H,6H2,1-2H3/t9?,10-/m0/s1. The average Bonchev–Trinajstić information content (AvgIpc) is 2.18. The van der Waals surface area contributed by atoms with Crippen molar-refractivity contribution in [2.45, 2.75) is 32.4 Å². The highest BCUT2D eigenvalue weighted by atomic mass is 35.5. The smallest absolute Gasteiger partial charge is 0.0638 e. The molecule has 0 amide bonds. The number of halogens is 1. The van der Waals surface area contributed by atoms with Crippen LogP contribution >= 0.6 is 11.6 Å². The number of nitrogens with one attached hydrogen (secondary N) is 1. The number of nitriles is 1. The van der Waals surface area contributed by atoms with Gasteiger partial charge in [0.25, 0.3) is 0 Å². The molecular weight excluding hydrogens is 208 g/mol. The van der Waals surface area contributed by atoms with Crippen molar-refractivity contribution in [3.05, 3.63) is 34.9 Å². The van der Waals surface area contributed by atoms with Crippen LogP contribution in [-0.2, 0) is 0 Å². The molecule has 0 aliphatic heterocycles. The van der Waals surface area contributed by atoms with E-state index in [2.05, 4.69) is 18.3 Å². The van der Waals surface area contributed by atoms with E-state index in [1.165, 1.54) is 0 Å². The second-order valence-electron chi connectivity index (χ2n) is 3.71. The zero-order valence-corrected chi connectivity index (χ0v) is 9.75. The van der Waals surface area contributed by atoms with Crippen molar-refractivity contribution in [3.63, 3.8) is 0 Å².